The van der Waals surface area contributed by atoms with Gasteiger partial charge in [0.25, 0.3) is 0 Å². The minimum absolute atomic E-state index is 0.506. The van der Waals surface area contributed by atoms with E-state index in [0.717, 1.165) is 0 Å². The molecular weight excluding hydrogens is 226 g/mol. The molecule has 1 heterocycles. The molecule has 0 aliphatic carbocycles. The highest BCUT2D eigenvalue weighted by Gasteiger charge is 1.96. The molecule has 1 aromatic rings. The standard InChI is InChI=1S/C11H15NS.2C2H6/c1-4-5-9(2)6-7-11-10(3)8-12-13-11;2*1-2/h4-9H,1-3H3;2*1-2H3/b5-4-,7-6-;;. The summed E-state index contributed by atoms with van der Waals surface area (Å²) in [5.74, 6) is 0.506. The quantitative estimate of drug-likeness (QED) is 0.627. The fraction of sp³-hybridized carbons (Fsp3) is 0.533. The molecule has 0 spiro atoms. The molecule has 0 amide bonds. The van der Waals surface area contributed by atoms with Crippen LogP contribution in [0.3, 0.4) is 0 Å². The van der Waals surface area contributed by atoms with Crippen molar-refractivity contribution in [2.24, 2.45) is 5.92 Å². The van der Waals surface area contributed by atoms with E-state index in [0.29, 0.717) is 5.92 Å². The molecule has 0 aliphatic rings. The number of hydrogen-bond acceptors (Lipinski definition) is 2. The van der Waals surface area contributed by atoms with Crippen LogP contribution in [-0.4, -0.2) is 4.37 Å². The first-order valence-corrected chi connectivity index (χ1v) is 7.23. The monoisotopic (exact) mass is 253 g/mol. The highest BCUT2D eigenvalue weighted by atomic mass is 32.1. The summed E-state index contributed by atoms with van der Waals surface area (Å²) in [7, 11) is 0. The maximum absolute atomic E-state index is 4.12. The average Bonchev–Trinajstić information content (AvgIpc) is 2.78. The van der Waals surface area contributed by atoms with Crippen LogP contribution in [-0.2, 0) is 0 Å². The predicted octanol–water partition coefficient (Wildman–Crippen LogP) is 5.73. The molecule has 0 N–H and O–H groups in total. The zero-order chi connectivity index (χ0) is 13.7. The van der Waals surface area contributed by atoms with Crippen molar-refractivity contribution in [3.8, 4) is 0 Å². The van der Waals surface area contributed by atoms with Crippen LogP contribution < -0.4 is 0 Å². The normalized spacial score (nSPS) is 11.7. The van der Waals surface area contributed by atoms with Crippen molar-refractivity contribution in [3.05, 3.63) is 34.9 Å². The molecule has 98 valence electrons. The fourth-order valence-corrected chi connectivity index (χ4v) is 1.73. The molecule has 1 nitrogen and oxygen atoms in total. The lowest BCUT2D eigenvalue weighted by atomic mass is 10.1. The van der Waals surface area contributed by atoms with Gasteiger partial charge < -0.3 is 0 Å². The molecule has 0 saturated carbocycles. The van der Waals surface area contributed by atoms with Gasteiger partial charge in [0.1, 0.15) is 0 Å². The highest BCUT2D eigenvalue weighted by molar-refractivity contribution is 7.06. The summed E-state index contributed by atoms with van der Waals surface area (Å²) < 4.78 is 4.12. The van der Waals surface area contributed by atoms with E-state index >= 15 is 0 Å². The number of hydrogen-bond donors (Lipinski definition) is 0. The molecule has 1 rings (SSSR count). The molecule has 0 aromatic carbocycles. The molecule has 2 heteroatoms. The van der Waals surface area contributed by atoms with Gasteiger partial charge in [-0.15, -0.1) is 0 Å². The summed E-state index contributed by atoms with van der Waals surface area (Å²) in [6.07, 6.45) is 10.5. The summed E-state index contributed by atoms with van der Waals surface area (Å²) >= 11 is 1.55. The van der Waals surface area contributed by atoms with Crippen molar-refractivity contribution in [1.82, 2.24) is 4.37 Å². The Balaban J connectivity index is 0. The minimum Gasteiger partial charge on any atom is -0.200 e. The minimum atomic E-state index is 0.506. The van der Waals surface area contributed by atoms with Crippen LogP contribution in [0.5, 0.6) is 0 Å². The molecule has 0 bridgehead atoms. The molecule has 17 heavy (non-hydrogen) atoms. The number of nitrogens with zero attached hydrogens (tertiary/aromatic N) is 1. The van der Waals surface area contributed by atoms with Gasteiger partial charge in [0.2, 0.25) is 0 Å². The van der Waals surface area contributed by atoms with E-state index in [1.807, 2.05) is 40.8 Å². The zero-order valence-corrected chi connectivity index (χ0v) is 13.1. The lowest BCUT2D eigenvalue weighted by Gasteiger charge is -1.95. The third-order valence-corrected chi connectivity index (χ3v) is 2.70. The van der Waals surface area contributed by atoms with Gasteiger partial charge in [0, 0.05) is 6.20 Å². The van der Waals surface area contributed by atoms with Crippen LogP contribution >= 0.6 is 11.5 Å². The van der Waals surface area contributed by atoms with Gasteiger partial charge in [0.15, 0.2) is 0 Å². The molecule has 0 aliphatic heterocycles. The Morgan fingerprint density at radius 1 is 1.18 bits per heavy atom. The first-order valence-electron chi connectivity index (χ1n) is 6.46. The van der Waals surface area contributed by atoms with E-state index in [1.165, 1.54) is 10.4 Å². The van der Waals surface area contributed by atoms with Crippen molar-refractivity contribution >= 4 is 17.6 Å². The molecule has 0 radical (unpaired) electrons. The Bertz CT molecular complexity index is 310. The van der Waals surface area contributed by atoms with Crippen LogP contribution in [0.4, 0.5) is 0 Å². The SMILES string of the molecule is C/C=C\C(C)/C=C\c1sncc1C.CC.CC. The third kappa shape index (κ3) is 8.87. The summed E-state index contributed by atoms with van der Waals surface area (Å²) in [5.41, 5.74) is 1.26. The number of aromatic nitrogens is 1. The molecular formula is C15H27NS. The highest BCUT2D eigenvalue weighted by Crippen LogP contribution is 2.15. The lowest BCUT2D eigenvalue weighted by molar-refractivity contribution is 0.943. The third-order valence-electron chi connectivity index (χ3n) is 1.83. The maximum atomic E-state index is 4.12. The van der Waals surface area contributed by atoms with Gasteiger partial charge in [-0.25, -0.2) is 4.37 Å². The fourth-order valence-electron chi connectivity index (χ4n) is 1.07. The number of rotatable bonds is 3. The van der Waals surface area contributed by atoms with Crippen LogP contribution in [0.2, 0.25) is 0 Å². The lowest BCUT2D eigenvalue weighted by Crippen LogP contribution is -1.80. The molecule has 1 unspecified atom stereocenters. The van der Waals surface area contributed by atoms with Crippen LogP contribution in [0.1, 0.15) is 52.0 Å². The summed E-state index contributed by atoms with van der Waals surface area (Å²) in [6.45, 7) is 14.3. The zero-order valence-electron chi connectivity index (χ0n) is 12.3. The van der Waals surface area contributed by atoms with Gasteiger partial charge in [-0.3, -0.25) is 0 Å². The van der Waals surface area contributed by atoms with Gasteiger partial charge in [-0.1, -0.05) is 52.8 Å². The van der Waals surface area contributed by atoms with Crippen LogP contribution in [0.25, 0.3) is 6.08 Å². The topological polar surface area (TPSA) is 12.9 Å². The second-order valence-corrected chi connectivity index (χ2v) is 3.95. The molecule has 0 saturated heterocycles. The Labute approximate surface area is 111 Å². The smallest absolute Gasteiger partial charge is 0.0503 e. The van der Waals surface area contributed by atoms with E-state index in [2.05, 4.69) is 42.5 Å². The van der Waals surface area contributed by atoms with Gasteiger partial charge in [-0.2, -0.15) is 0 Å². The predicted molar refractivity (Wildman–Crippen MR) is 82.6 cm³/mol. The summed E-state index contributed by atoms with van der Waals surface area (Å²) in [5, 5.41) is 0. The van der Waals surface area contributed by atoms with Gasteiger partial charge >= 0.3 is 0 Å². The molecule has 1 aromatic heterocycles. The van der Waals surface area contributed by atoms with Crippen molar-refractivity contribution in [2.75, 3.05) is 0 Å². The average molecular weight is 253 g/mol. The second-order valence-electron chi connectivity index (χ2n) is 3.12. The van der Waals surface area contributed by atoms with Crippen molar-refractivity contribution in [3.63, 3.8) is 0 Å². The molecule has 1 atom stereocenters. The molecule has 0 fully saturated rings. The van der Waals surface area contributed by atoms with E-state index in [4.69, 9.17) is 0 Å². The number of aryl methyl sites for hydroxylation is 1. The number of allylic oxidation sites excluding steroid dienone is 3. The van der Waals surface area contributed by atoms with Crippen LogP contribution in [0, 0.1) is 12.8 Å². The summed E-state index contributed by atoms with van der Waals surface area (Å²) in [4.78, 5) is 1.26. The van der Waals surface area contributed by atoms with Crippen molar-refractivity contribution in [2.45, 2.75) is 48.5 Å². The van der Waals surface area contributed by atoms with E-state index in [-0.39, 0.29) is 0 Å². The Morgan fingerprint density at radius 3 is 2.18 bits per heavy atom. The Hall–Kier alpha value is -0.890. The van der Waals surface area contributed by atoms with Crippen molar-refractivity contribution in [1.29, 1.82) is 0 Å². The van der Waals surface area contributed by atoms with E-state index in [9.17, 15) is 0 Å². The van der Waals surface area contributed by atoms with Gasteiger partial charge in [0.05, 0.1) is 4.88 Å². The first kappa shape index (κ1) is 18.5. The van der Waals surface area contributed by atoms with E-state index < -0.39 is 0 Å². The second kappa shape index (κ2) is 13.2. The van der Waals surface area contributed by atoms with Crippen molar-refractivity contribution < 1.29 is 0 Å². The summed E-state index contributed by atoms with van der Waals surface area (Å²) in [6, 6.07) is 0. The largest absolute Gasteiger partial charge is 0.200 e. The van der Waals surface area contributed by atoms with Crippen LogP contribution in [0.15, 0.2) is 24.4 Å². The maximum Gasteiger partial charge on any atom is 0.0503 e. The van der Waals surface area contributed by atoms with E-state index in [1.54, 1.807) is 11.5 Å². The first-order chi connectivity index (χ1) is 8.24. The Morgan fingerprint density at radius 2 is 1.76 bits per heavy atom. The Kier molecular flexibility index (Phi) is 14.3. The van der Waals surface area contributed by atoms with Gasteiger partial charge in [-0.05, 0) is 42.9 Å².